The number of nitro groups is 1. The molecule has 0 aliphatic heterocycles. The summed E-state index contributed by atoms with van der Waals surface area (Å²) in [6.45, 7) is 3.19. The van der Waals surface area contributed by atoms with Gasteiger partial charge >= 0.3 is 0 Å². The summed E-state index contributed by atoms with van der Waals surface area (Å²) < 4.78 is 27.7. The van der Waals surface area contributed by atoms with E-state index in [1.165, 1.54) is 42.6 Å². The fourth-order valence-corrected chi connectivity index (χ4v) is 4.64. The number of rotatable bonds is 8. The van der Waals surface area contributed by atoms with Gasteiger partial charge in [0, 0.05) is 12.1 Å². The fraction of sp³-hybridized carbons (Fsp3) is 0.130. The number of non-ortho nitro benzene ring substituents is 1. The predicted molar refractivity (Wildman–Crippen MR) is 126 cm³/mol. The van der Waals surface area contributed by atoms with Crippen molar-refractivity contribution in [2.45, 2.75) is 18.7 Å². The zero-order valence-corrected chi connectivity index (χ0v) is 18.8. The summed E-state index contributed by atoms with van der Waals surface area (Å²) in [5, 5.41) is 14.6. The van der Waals surface area contributed by atoms with Crippen molar-refractivity contribution in [2.75, 3.05) is 10.8 Å². The molecule has 0 aromatic heterocycles. The summed E-state index contributed by atoms with van der Waals surface area (Å²) in [6, 6.07) is 18.8. The third-order valence-corrected chi connectivity index (χ3v) is 6.52. The van der Waals surface area contributed by atoms with Gasteiger partial charge < -0.3 is 0 Å². The second kappa shape index (κ2) is 10.0. The Kier molecular flexibility index (Phi) is 7.19. The molecule has 0 radical (unpaired) electrons. The Balaban J connectivity index is 1.82. The lowest BCUT2D eigenvalue weighted by Crippen LogP contribution is -2.40. The molecule has 0 heterocycles. The first kappa shape index (κ1) is 23.6. The summed E-state index contributed by atoms with van der Waals surface area (Å²) in [5.74, 6) is -0.646. The van der Waals surface area contributed by atoms with Crippen molar-refractivity contribution in [3.05, 3.63) is 99.6 Å². The highest BCUT2D eigenvalue weighted by Crippen LogP contribution is 2.27. The van der Waals surface area contributed by atoms with Gasteiger partial charge in [0.25, 0.3) is 21.6 Å². The van der Waals surface area contributed by atoms with Crippen LogP contribution in [0.5, 0.6) is 0 Å². The lowest BCUT2D eigenvalue weighted by Gasteiger charge is -2.25. The maximum atomic E-state index is 13.3. The van der Waals surface area contributed by atoms with Crippen LogP contribution in [0.1, 0.15) is 16.7 Å². The highest BCUT2D eigenvalue weighted by atomic mass is 32.2. The molecule has 0 spiro atoms. The Labute approximate surface area is 191 Å². The molecule has 0 unspecified atom stereocenters. The number of amides is 1. The number of anilines is 1. The van der Waals surface area contributed by atoms with E-state index in [1.807, 2.05) is 13.0 Å². The summed E-state index contributed by atoms with van der Waals surface area (Å²) in [5.41, 5.74) is 4.84. The maximum absolute atomic E-state index is 13.3. The van der Waals surface area contributed by atoms with Crippen molar-refractivity contribution in [1.29, 1.82) is 0 Å². The molecule has 1 N–H and O–H groups in total. The van der Waals surface area contributed by atoms with Gasteiger partial charge in [0.05, 0.1) is 21.7 Å². The Morgan fingerprint density at radius 1 is 1.06 bits per heavy atom. The van der Waals surface area contributed by atoms with Gasteiger partial charge in [0.1, 0.15) is 6.54 Å². The number of hydrazone groups is 1. The van der Waals surface area contributed by atoms with Gasteiger partial charge in [-0.2, -0.15) is 5.10 Å². The van der Waals surface area contributed by atoms with Crippen LogP contribution in [0.4, 0.5) is 11.4 Å². The van der Waals surface area contributed by atoms with E-state index < -0.39 is 27.4 Å². The Hall–Kier alpha value is -4.05. The molecule has 0 saturated heterocycles. The third kappa shape index (κ3) is 5.80. The zero-order chi connectivity index (χ0) is 24.0. The van der Waals surface area contributed by atoms with E-state index >= 15 is 0 Å². The number of aryl methyl sites for hydroxylation is 2. The molecule has 0 atom stereocenters. The predicted octanol–water partition coefficient (Wildman–Crippen LogP) is 3.56. The average molecular weight is 467 g/mol. The lowest BCUT2D eigenvalue weighted by atomic mass is 10.1. The Morgan fingerprint density at radius 3 is 2.33 bits per heavy atom. The minimum Gasteiger partial charge on any atom is -0.271 e. The van der Waals surface area contributed by atoms with E-state index in [1.54, 1.807) is 37.3 Å². The second-order valence-electron chi connectivity index (χ2n) is 7.26. The van der Waals surface area contributed by atoms with Crippen molar-refractivity contribution in [2.24, 2.45) is 5.10 Å². The number of nitro benzene ring substituents is 1. The van der Waals surface area contributed by atoms with E-state index in [0.29, 0.717) is 16.8 Å². The van der Waals surface area contributed by atoms with Crippen LogP contribution in [-0.4, -0.2) is 32.0 Å². The van der Waals surface area contributed by atoms with Crippen LogP contribution in [0.25, 0.3) is 0 Å². The maximum Gasteiger partial charge on any atom is 0.269 e. The van der Waals surface area contributed by atoms with Crippen molar-refractivity contribution < 1.29 is 18.1 Å². The minimum absolute atomic E-state index is 0.0622. The molecular formula is C23H22N4O5S. The van der Waals surface area contributed by atoms with Gasteiger partial charge in [-0.1, -0.05) is 35.9 Å². The third-order valence-electron chi connectivity index (χ3n) is 4.75. The molecule has 1 amide bonds. The number of benzene rings is 3. The normalized spacial score (nSPS) is 11.3. The van der Waals surface area contributed by atoms with E-state index in [4.69, 9.17) is 0 Å². The standard InChI is InChI=1S/C23H22N4O5S/c1-17-8-13-22(18(2)14-17)26(33(31,32)21-6-4-3-5-7-21)16-23(28)25-24-15-19-9-11-20(12-10-19)27(29)30/h3-15H,16H2,1-2H3,(H,25,28)/b24-15-. The first-order chi connectivity index (χ1) is 15.7. The van der Waals surface area contributed by atoms with Crippen LogP contribution in [0.2, 0.25) is 0 Å². The van der Waals surface area contributed by atoms with Gasteiger partial charge in [-0.25, -0.2) is 13.8 Å². The summed E-state index contributed by atoms with van der Waals surface area (Å²) in [4.78, 5) is 22.9. The molecule has 10 heteroatoms. The molecule has 3 aromatic carbocycles. The van der Waals surface area contributed by atoms with Gasteiger partial charge in [-0.05, 0) is 55.3 Å². The smallest absolute Gasteiger partial charge is 0.269 e. The molecule has 0 aliphatic carbocycles. The van der Waals surface area contributed by atoms with E-state index in [9.17, 15) is 23.3 Å². The lowest BCUT2D eigenvalue weighted by molar-refractivity contribution is -0.384. The molecule has 0 bridgehead atoms. The van der Waals surface area contributed by atoms with E-state index in [2.05, 4.69) is 10.5 Å². The molecule has 0 saturated carbocycles. The molecule has 0 fully saturated rings. The van der Waals surface area contributed by atoms with Crippen LogP contribution in [0.3, 0.4) is 0 Å². The van der Waals surface area contributed by atoms with Crippen LogP contribution in [0.15, 0.2) is 82.8 Å². The Morgan fingerprint density at radius 2 is 1.73 bits per heavy atom. The highest BCUT2D eigenvalue weighted by molar-refractivity contribution is 7.92. The van der Waals surface area contributed by atoms with Crippen molar-refractivity contribution in [3.63, 3.8) is 0 Å². The summed E-state index contributed by atoms with van der Waals surface area (Å²) >= 11 is 0. The number of nitrogens with one attached hydrogen (secondary N) is 1. The fourth-order valence-electron chi connectivity index (χ4n) is 3.13. The Bertz CT molecular complexity index is 1290. The van der Waals surface area contributed by atoms with E-state index in [-0.39, 0.29) is 10.6 Å². The number of hydrogen-bond acceptors (Lipinski definition) is 6. The van der Waals surface area contributed by atoms with Gasteiger partial charge in [0.15, 0.2) is 0 Å². The molecule has 9 nitrogen and oxygen atoms in total. The number of sulfonamides is 1. The molecule has 33 heavy (non-hydrogen) atoms. The topological polar surface area (TPSA) is 122 Å². The number of carbonyl (C=O) groups is 1. The van der Waals surface area contributed by atoms with Crippen molar-refractivity contribution >= 4 is 33.5 Å². The van der Waals surface area contributed by atoms with Crippen LogP contribution in [-0.2, 0) is 14.8 Å². The number of nitrogens with zero attached hydrogens (tertiary/aromatic N) is 3. The first-order valence-corrected chi connectivity index (χ1v) is 11.3. The number of hydrogen-bond donors (Lipinski definition) is 1. The molecule has 3 rings (SSSR count). The first-order valence-electron chi connectivity index (χ1n) is 9.90. The zero-order valence-electron chi connectivity index (χ0n) is 18.0. The van der Waals surface area contributed by atoms with Gasteiger partial charge in [-0.15, -0.1) is 0 Å². The molecule has 0 aliphatic rings. The second-order valence-corrected chi connectivity index (χ2v) is 9.12. The van der Waals surface area contributed by atoms with Crippen molar-refractivity contribution in [1.82, 2.24) is 5.43 Å². The monoisotopic (exact) mass is 466 g/mol. The SMILES string of the molecule is Cc1ccc(N(CC(=O)N/N=C\c2ccc([N+](=O)[O-])cc2)S(=O)(=O)c2ccccc2)c(C)c1. The van der Waals surface area contributed by atoms with Crippen LogP contribution in [0, 0.1) is 24.0 Å². The number of carbonyl (C=O) groups excluding carboxylic acids is 1. The van der Waals surface area contributed by atoms with Crippen LogP contribution >= 0.6 is 0 Å². The average Bonchev–Trinajstić information content (AvgIpc) is 2.79. The highest BCUT2D eigenvalue weighted by Gasteiger charge is 2.28. The van der Waals surface area contributed by atoms with Crippen molar-refractivity contribution in [3.8, 4) is 0 Å². The summed E-state index contributed by atoms with van der Waals surface area (Å²) in [7, 11) is -4.02. The minimum atomic E-state index is -4.02. The van der Waals surface area contributed by atoms with Gasteiger partial charge in [0.2, 0.25) is 0 Å². The molecule has 170 valence electrons. The molecular weight excluding hydrogens is 444 g/mol. The largest absolute Gasteiger partial charge is 0.271 e. The van der Waals surface area contributed by atoms with E-state index in [0.717, 1.165) is 9.87 Å². The molecule has 3 aromatic rings. The van der Waals surface area contributed by atoms with Gasteiger partial charge in [-0.3, -0.25) is 19.2 Å². The summed E-state index contributed by atoms with van der Waals surface area (Å²) in [6.07, 6.45) is 1.31. The quantitative estimate of drug-likeness (QED) is 0.309. The van der Waals surface area contributed by atoms with Crippen LogP contribution < -0.4 is 9.73 Å².